The highest BCUT2D eigenvalue weighted by atomic mass is 35.5. The Labute approximate surface area is 161 Å². The lowest BCUT2D eigenvalue weighted by Crippen LogP contribution is -2.13. The molecule has 6 nitrogen and oxygen atoms in total. The minimum Gasteiger partial charge on any atom is -0.495 e. The number of nitrogens with one attached hydrogen (secondary N) is 2. The summed E-state index contributed by atoms with van der Waals surface area (Å²) in [6, 6.07) is 17.5. The van der Waals surface area contributed by atoms with Gasteiger partial charge in [0, 0.05) is 5.69 Å². The molecule has 27 heavy (non-hydrogen) atoms. The third kappa shape index (κ3) is 4.35. The Morgan fingerprint density at radius 1 is 1.15 bits per heavy atom. The minimum atomic E-state index is -0.361. The maximum Gasteiger partial charge on any atom is 0.274 e. The summed E-state index contributed by atoms with van der Waals surface area (Å²) in [5.41, 5.74) is 2.66. The monoisotopic (exact) mass is 378 g/mol. The van der Waals surface area contributed by atoms with Gasteiger partial charge in [-0.15, -0.1) is 0 Å². The van der Waals surface area contributed by atoms with Crippen LogP contribution in [0.1, 0.15) is 16.1 Å². The summed E-state index contributed by atoms with van der Waals surface area (Å²) < 4.78 is 5.08. The van der Waals surface area contributed by atoms with Gasteiger partial charge in [-0.05, 0) is 42.5 Å². The van der Waals surface area contributed by atoms with E-state index in [1.807, 2.05) is 6.07 Å². The molecule has 2 aromatic carbocycles. The molecule has 1 heterocycles. The van der Waals surface area contributed by atoms with E-state index < -0.39 is 0 Å². The maximum atomic E-state index is 12.3. The van der Waals surface area contributed by atoms with Crippen LogP contribution in [0.15, 0.2) is 60.8 Å². The molecular formula is C20H15ClN4O2. The molecule has 134 valence electrons. The van der Waals surface area contributed by atoms with Crippen molar-refractivity contribution in [3.63, 3.8) is 0 Å². The Morgan fingerprint density at radius 2 is 1.93 bits per heavy atom. The molecule has 2 N–H and O–H groups in total. The number of para-hydroxylation sites is 1. The van der Waals surface area contributed by atoms with E-state index >= 15 is 0 Å². The van der Waals surface area contributed by atoms with Gasteiger partial charge in [0.2, 0.25) is 0 Å². The first kappa shape index (κ1) is 18.2. The number of amides is 1. The fraction of sp³-hybridized carbons (Fsp3) is 0.0500. The zero-order chi connectivity index (χ0) is 19.2. The van der Waals surface area contributed by atoms with Crippen LogP contribution in [0.2, 0.25) is 5.02 Å². The number of halogens is 1. The van der Waals surface area contributed by atoms with Crippen molar-refractivity contribution in [3.05, 3.63) is 77.1 Å². The van der Waals surface area contributed by atoms with Gasteiger partial charge in [-0.3, -0.25) is 4.79 Å². The van der Waals surface area contributed by atoms with Gasteiger partial charge in [0.15, 0.2) is 0 Å². The lowest BCUT2D eigenvalue weighted by atomic mass is 10.2. The Hall–Kier alpha value is -3.56. The Kier molecular flexibility index (Phi) is 5.55. The van der Waals surface area contributed by atoms with Crippen molar-refractivity contribution >= 4 is 34.6 Å². The van der Waals surface area contributed by atoms with E-state index in [9.17, 15) is 4.79 Å². The second-order valence-corrected chi connectivity index (χ2v) is 5.93. The lowest BCUT2D eigenvalue weighted by molar-refractivity contribution is 0.102. The summed E-state index contributed by atoms with van der Waals surface area (Å²) in [4.78, 5) is 16.5. The van der Waals surface area contributed by atoms with E-state index in [0.29, 0.717) is 33.4 Å². The average Bonchev–Trinajstić information content (AvgIpc) is 2.69. The van der Waals surface area contributed by atoms with E-state index in [1.54, 1.807) is 48.5 Å². The largest absolute Gasteiger partial charge is 0.495 e. The molecule has 1 amide bonds. The molecule has 0 aliphatic carbocycles. The van der Waals surface area contributed by atoms with Crippen LogP contribution in [0.25, 0.3) is 0 Å². The number of nitriles is 1. The zero-order valence-electron chi connectivity index (χ0n) is 14.4. The van der Waals surface area contributed by atoms with Crippen LogP contribution in [0.4, 0.5) is 17.1 Å². The van der Waals surface area contributed by atoms with Crippen molar-refractivity contribution in [1.82, 2.24) is 4.98 Å². The summed E-state index contributed by atoms with van der Waals surface area (Å²) in [5, 5.41) is 15.4. The Morgan fingerprint density at radius 3 is 2.59 bits per heavy atom. The van der Waals surface area contributed by atoms with E-state index in [-0.39, 0.29) is 11.6 Å². The van der Waals surface area contributed by atoms with Crippen LogP contribution in [-0.4, -0.2) is 18.0 Å². The molecular weight excluding hydrogens is 364 g/mol. The molecule has 0 spiro atoms. The molecule has 3 rings (SSSR count). The number of benzene rings is 2. The predicted octanol–water partition coefficient (Wildman–Crippen LogP) is 4.61. The summed E-state index contributed by atoms with van der Waals surface area (Å²) in [7, 11) is 1.52. The molecule has 0 fully saturated rings. The van der Waals surface area contributed by atoms with Crippen molar-refractivity contribution in [1.29, 1.82) is 5.26 Å². The molecule has 0 saturated heterocycles. The van der Waals surface area contributed by atoms with Crippen LogP contribution in [0, 0.1) is 11.3 Å². The number of methoxy groups -OCH3 is 1. The first-order valence-electron chi connectivity index (χ1n) is 7.98. The quantitative estimate of drug-likeness (QED) is 0.676. The van der Waals surface area contributed by atoms with E-state index in [4.69, 9.17) is 21.6 Å². The van der Waals surface area contributed by atoms with Gasteiger partial charge in [0.25, 0.3) is 5.91 Å². The van der Waals surface area contributed by atoms with Gasteiger partial charge >= 0.3 is 0 Å². The Balaban J connectivity index is 1.70. The normalized spacial score (nSPS) is 9.96. The van der Waals surface area contributed by atoms with Crippen LogP contribution in [-0.2, 0) is 0 Å². The third-order valence-electron chi connectivity index (χ3n) is 3.73. The highest BCUT2D eigenvalue weighted by molar-refractivity contribution is 6.32. The first-order valence-corrected chi connectivity index (χ1v) is 8.35. The van der Waals surface area contributed by atoms with Crippen molar-refractivity contribution < 1.29 is 9.53 Å². The number of ether oxygens (including phenoxy) is 1. The smallest absolute Gasteiger partial charge is 0.274 e. The minimum absolute atomic E-state index is 0.251. The van der Waals surface area contributed by atoms with Crippen molar-refractivity contribution in [2.45, 2.75) is 0 Å². The molecule has 1 aromatic heterocycles. The molecule has 0 saturated carbocycles. The summed E-state index contributed by atoms with van der Waals surface area (Å²) in [5.74, 6) is 0.168. The second kappa shape index (κ2) is 8.21. The fourth-order valence-corrected chi connectivity index (χ4v) is 2.64. The SMILES string of the molecule is COc1ccc(NC(=O)c2ccc(Nc3ccccc3C#N)cn2)cc1Cl. The number of hydrogen-bond acceptors (Lipinski definition) is 5. The van der Waals surface area contributed by atoms with E-state index in [1.165, 1.54) is 13.3 Å². The molecule has 0 bridgehead atoms. The summed E-state index contributed by atoms with van der Waals surface area (Å²) in [6.07, 6.45) is 1.53. The average molecular weight is 379 g/mol. The van der Waals surface area contributed by atoms with Crippen molar-refractivity contribution in [2.24, 2.45) is 0 Å². The highest BCUT2D eigenvalue weighted by Gasteiger charge is 2.10. The number of carbonyl (C=O) groups excluding carboxylic acids is 1. The second-order valence-electron chi connectivity index (χ2n) is 5.52. The van der Waals surface area contributed by atoms with Gasteiger partial charge in [-0.1, -0.05) is 23.7 Å². The number of carbonyl (C=O) groups is 1. The molecule has 7 heteroatoms. The standard InChI is InChI=1S/C20H15ClN4O2/c1-27-19-9-7-14(10-16(19)21)25-20(26)18-8-6-15(12-23-18)24-17-5-3-2-4-13(17)11-22/h2-10,12,24H,1H3,(H,25,26). The van der Waals surface area contributed by atoms with Gasteiger partial charge in [0.1, 0.15) is 17.5 Å². The predicted molar refractivity (Wildman–Crippen MR) is 105 cm³/mol. The van der Waals surface area contributed by atoms with Gasteiger partial charge in [0.05, 0.1) is 35.3 Å². The molecule has 0 radical (unpaired) electrons. The van der Waals surface area contributed by atoms with Crippen LogP contribution < -0.4 is 15.4 Å². The van der Waals surface area contributed by atoms with Crippen LogP contribution in [0.3, 0.4) is 0 Å². The maximum absolute atomic E-state index is 12.3. The molecule has 0 unspecified atom stereocenters. The number of hydrogen-bond donors (Lipinski definition) is 2. The van der Waals surface area contributed by atoms with Gasteiger partial charge in [-0.25, -0.2) is 4.98 Å². The molecule has 0 atom stereocenters. The zero-order valence-corrected chi connectivity index (χ0v) is 15.1. The number of rotatable bonds is 5. The first-order chi connectivity index (χ1) is 13.1. The van der Waals surface area contributed by atoms with Crippen molar-refractivity contribution in [2.75, 3.05) is 17.7 Å². The van der Waals surface area contributed by atoms with Crippen molar-refractivity contribution in [3.8, 4) is 11.8 Å². The lowest BCUT2D eigenvalue weighted by Gasteiger charge is -2.09. The summed E-state index contributed by atoms with van der Waals surface area (Å²) in [6.45, 7) is 0. The van der Waals surface area contributed by atoms with E-state index in [0.717, 1.165) is 0 Å². The molecule has 0 aliphatic heterocycles. The number of aromatic nitrogens is 1. The summed E-state index contributed by atoms with van der Waals surface area (Å²) >= 11 is 6.06. The molecule has 0 aliphatic rings. The van der Waals surface area contributed by atoms with Crippen LogP contribution >= 0.6 is 11.6 Å². The third-order valence-corrected chi connectivity index (χ3v) is 4.03. The van der Waals surface area contributed by atoms with E-state index in [2.05, 4.69) is 21.7 Å². The topological polar surface area (TPSA) is 87.0 Å². The number of nitrogens with zero attached hydrogens (tertiary/aromatic N) is 2. The molecule has 3 aromatic rings. The number of anilines is 3. The fourth-order valence-electron chi connectivity index (χ4n) is 2.39. The van der Waals surface area contributed by atoms with Gasteiger partial charge in [-0.2, -0.15) is 5.26 Å². The highest BCUT2D eigenvalue weighted by Crippen LogP contribution is 2.27. The number of pyridine rings is 1. The van der Waals surface area contributed by atoms with Gasteiger partial charge < -0.3 is 15.4 Å². The van der Waals surface area contributed by atoms with Crippen LogP contribution in [0.5, 0.6) is 5.75 Å². The Bertz CT molecular complexity index is 1010.